The predicted octanol–water partition coefficient (Wildman–Crippen LogP) is 3.48. The smallest absolute Gasteiger partial charge is 0.354 e. The summed E-state index contributed by atoms with van der Waals surface area (Å²) in [6.45, 7) is 2.85. The SMILES string of the molecule is CC(=O)/C=C(/C)O.O=S1(=O)N=c2c(c3c4ccccc4ccc3c3ccc[c-]c23)=N1.[Ir]. The van der Waals surface area contributed by atoms with Gasteiger partial charge in [-0.25, -0.2) is 0 Å². The van der Waals surface area contributed by atoms with Crippen LogP contribution in [0.25, 0.3) is 32.3 Å². The van der Waals surface area contributed by atoms with Crippen molar-refractivity contribution in [1.82, 2.24) is 0 Å². The van der Waals surface area contributed by atoms with E-state index >= 15 is 0 Å². The molecule has 0 saturated carbocycles. The van der Waals surface area contributed by atoms with Crippen LogP contribution in [0.4, 0.5) is 0 Å². The maximum absolute atomic E-state index is 12.0. The van der Waals surface area contributed by atoms with E-state index in [-0.39, 0.29) is 31.6 Å². The van der Waals surface area contributed by atoms with Crippen LogP contribution in [0, 0.1) is 6.07 Å². The predicted molar refractivity (Wildman–Crippen MR) is 116 cm³/mol. The molecule has 1 radical (unpaired) electrons. The van der Waals surface area contributed by atoms with E-state index in [0.29, 0.717) is 16.1 Å². The van der Waals surface area contributed by atoms with Gasteiger partial charge in [-0.1, -0.05) is 47.2 Å². The number of hydrogen-bond donors (Lipinski definition) is 1. The average molecular weight is 610 g/mol. The molecule has 0 spiro atoms. The van der Waals surface area contributed by atoms with Crippen LogP contribution in [0.5, 0.6) is 0 Å². The Bertz CT molecular complexity index is 1600. The molecule has 5 rings (SSSR count). The van der Waals surface area contributed by atoms with Crippen LogP contribution in [0.15, 0.2) is 75.2 Å². The third kappa shape index (κ3) is 4.42. The quantitative estimate of drug-likeness (QED) is 0.155. The molecule has 0 bridgehead atoms. The van der Waals surface area contributed by atoms with E-state index in [1.165, 1.54) is 19.9 Å². The zero-order valence-electron chi connectivity index (χ0n) is 16.6. The van der Waals surface area contributed by atoms with Gasteiger partial charge in [0.25, 0.3) is 0 Å². The molecule has 4 aromatic carbocycles. The Morgan fingerprint density at radius 1 is 0.935 bits per heavy atom. The van der Waals surface area contributed by atoms with Gasteiger partial charge in [-0.15, -0.1) is 29.7 Å². The van der Waals surface area contributed by atoms with Gasteiger partial charge in [-0.3, -0.25) is 4.79 Å². The molecule has 0 aromatic heterocycles. The zero-order chi connectivity index (χ0) is 21.5. The van der Waals surface area contributed by atoms with Crippen molar-refractivity contribution in [3.63, 3.8) is 0 Å². The molecule has 1 aliphatic rings. The Kier molecular flexibility index (Phi) is 6.36. The summed E-state index contributed by atoms with van der Waals surface area (Å²) in [6, 6.07) is 20.7. The summed E-state index contributed by atoms with van der Waals surface area (Å²) in [5.41, 5.74) is 0. The van der Waals surface area contributed by atoms with Crippen molar-refractivity contribution in [2.45, 2.75) is 13.8 Å². The molecule has 0 amide bonds. The first-order valence-electron chi connectivity index (χ1n) is 9.13. The van der Waals surface area contributed by atoms with Crippen molar-refractivity contribution >= 4 is 48.3 Å². The average Bonchev–Trinajstić information content (AvgIpc) is 3.02. The maximum Gasteiger partial charge on any atom is 0.354 e. The fourth-order valence-electron chi connectivity index (χ4n) is 3.57. The standard InChI is InChI=1S/C18H9N2O2S.C5H8O2.Ir/c21-23(22)19-17-15-8-4-3-7-13(15)14-10-9-11-5-1-2-6-12(11)16(14)18(17)20-23;1-4(6)3-5(2)7;/h1-7,9-10H;3,6H,1-2H3;/q-1;;/b;4-3-;. The van der Waals surface area contributed by atoms with Gasteiger partial charge in [0.15, 0.2) is 5.78 Å². The topological polar surface area (TPSA) is 96.2 Å². The van der Waals surface area contributed by atoms with E-state index in [4.69, 9.17) is 5.11 Å². The van der Waals surface area contributed by atoms with Crippen molar-refractivity contribution in [2.24, 2.45) is 8.80 Å². The largest absolute Gasteiger partial charge is 0.512 e. The number of nitrogens with zero attached hydrogens (tertiary/aromatic N) is 2. The van der Waals surface area contributed by atoms with E-state index in [2.05, 4.69) is 14.9 Å². The number of aliphatic hydroxyl groups is 1. The van der Waals surface area contributed by atoms with Crippen molar-refractivity contribution in [1.29, 1.82) is 0 Å². The molecule has 6 nitrogen and oxygen atoms in total. The normalized spacial score (nSPS) is 14.1. The zero-order valence-corrected chi connectivity index (χ0v) is 19.8. The molecule has 1 aliphatic heterocycles. The van der Waals surface area contributed by atoms with Gasteiger partial charge < -0.3 is 5.11 Å². The van der Waals surface area contributed by atoms with Crippen LogP contribution in [0.1, 0.15) is 13.8 Å². The molecule has 0 fully saturated rings. The molecular formula is C23H17IrN2O4S-. The summed E-state index contributed by atoms with van der Waals surface area (Å²) < 4.78 is 31.7. The Morgan fingerprint density at radius 3 is 2.29 bits per heavy atom. The van der Waals surface area contributed by atoms with Crippen LogP contribution < -0.4 is 10.7 Å². The molecule has 0 saturated heterocycles. The van der Waals surface area contributed by atoms with Gasteiger partial charge in [-0.2, -0.15) is 17.2 Å². The molecule has 8 heteroatoms. The van der Waals surface area contributed by atoms with Crippen LogP contribution in [0.2, 0.25) is 0 Å². The Morgan fingerprint density at radius 2 is 1.61 bits per heavy atom. The van der Waals surface area contributed by atoms with Crippen molar-refractivity contribution < 1.29 is 38.4 Å². The number of hydrogen-bond acceptors (Lipinski definition) is 4. The number of rotatable bonds is 1. The van der Waals surface area contributed by atoms with Gasteiger partial charge in [0.1, 0.15) is 0 Å². The van der Waals surface area contributed by atoms with Gasteiger partial charge in [0, 0.05) is 36.9 Å². The molecule has 31 heavy (non-hydrogen) atoms. The first-order chi connectivity index (χ1) is 14.3. The summed E-state index contributed by atoms with van der Waals surface area (Å²) in [5.74, 6) is -0.0625. The van der Waals surface area contributed by atoms with Crippen molar-refractivity contribution in [3.05, 3.63) is 83.2 Å². The molecule has 0 unspecified atom stereocenters. The van der Waals surface area contributed by atoms with Crippen molar-refractivity contribution in [3.8, 4) is 0 Å². The number of carbonyl (C=O) groups excluding carboxylic acids is 1. The number of aliphatic hydroxyl groups excluding tert-OH is 1. The number of carbonyl (C=O) groups is 1. The van der Waals surface area contributed by atoms with Crippen LogP contribution in [0.3, 0.4) is 0 Å². The molecular weight excluding hydrogens is 593 g/mol. The number of ketones is 1. The second-order valence-corrected chi connectivity index (χ2v) is 8.15. The van der Waals surface area contributed by atoms with Crippen LogP contribution in [-0.4, -0.2) is 19.3 Å². The van der Waals surface area contributed by atoms with Gasteiger partial charge in [0.2, 0.25) is 0 Å². The first-order valence-corrected chi connectivity index (χ1v) is 10.5. The summed E-state index contributed by atoms with van der Waals surface area (Å²) in [5, 5.41) is 14.6. The molecule has 4 aromatic rings. The van der Waals surface area contributed by atoms with E-state index in [1.54, 1.807) is 6.07 Å². The summed E-state index contributed by atoms with van der Waals surface area (Å²) in [6.07, 6.45) is 1.17. The van der Waals surface area contributed by atoms with Gasteiger partial charge >= 0.3 is 10.2 Å². The van der Waals surface area contributed by atoms with E-state index in [1.807, 2.05) is 48.5 Å². The molecule has 0 atom stereocenters. The minimum Gasteiger partial charge on any atom is -0.512 e. The minimum atomic E-state index is -3.83. The third-order valence-corrected chi connectivity index (χ3v) is 5.43. The Balaban J connectivity index is 0.000000299. The number of allylic oxidation sites excluding steroid dienone is 2. The van der Waals surface area contributed by atoms with E-state index in [9.17, 15) is 13.2 Å². The molecule has 159 valence electrons. The van der Waals surface area contributed by atoms with Crippen LogP contribution >= 0.6 is 0 Å². The van der Waals surface area contributed by atoms with Crippen LogP contribution in [-0.2, 0) is 35.1 Å². The minimum absolute atomic E-state index is 0. The monoisotopic (exact) mass is 610 g/mol. The molecule has 1 N–H and O–H groups in total. The Labute approximate surface area is 192 Å². The summed E-state index contributed by atoms with van der Waals surface area (Å²) >= 11 is 0. The summed E-state index contributed by atoms with van der Waals surface area (Å²) in [4.78, 5) is 10.0. The first kappa shape index (κ1) is 22.7. The van der Waals surface area contributed by atoms with Crippen molar-refractivity contribution in [2.75, 3.05) is 0 Å². The number of benzene rings is 4. The number of fused-ring (bicyclic) bond motifs is 8. The van der Waals surface area contributed by atoms with E-state index < -0.39 is 10.2 Å². The maximum atomic E-state index is 12.0. The third-order valence-electron chi connectivity index (χ3n) is 4.60. The summed E-state index contributed by atoms with van der Waals surface area (Å²) in [7, 11) is -3.83. The second-order valence-electron chi connectivity index (χ2n) is 6.89. The molecule has 0 aliphatic carbocycles. The van der Waals surface area contributed by atoms with E-state index in [0.717, 1.165) is 26.9 Å². The molecule has 1 heterocycles. The fourth-order valence-corrected chi connectivity index (χ4v) is 4.43. The van der Waals surface area contributed by atoms with Gasteiger partial charge in [-0.05, 0) is 24.6 Å². The Hall–Kier alpha value is -2.93. The fraction of sp³-hybridized carbons (Fsp3) is 0.0870. The van der Waals surface area contributed by atoms with Gasteiger partial charge in [0.05, 0.1) is 11.1 Å². The second kappa shape index (κ2) is 8.67.